The van der Waals surface area contributed by atoms with Crippen LogP contribution in [0.3, 0.4) is 0 Å². The number of unbranched alkanes of at least 4 members (excludes halogenated alkanes) is 1. The summed E-state index contributed by atoms with van der Waals surface area (Å²) in [4.78, 5) is 0. The van der Waals surface area contributed by atoms with Gasteiger partial charge in [-0.25, -0.2) is 0 Å². The molecule has 0 spiro atoms. The quantitative estimate of drug-likeness (QED) is 0.554. The van der Waals surface area contributed by atoms with E-state index in [1.807, 2.05) is 0 Å². The lowest BCUT2D eigenvalue weighted by Gasteiger charge is -2.15. The predicted octanol–water partition coefficient (Wildman–Crippen LogP) is 4.11. The topological polar surface area (TPSA) is 0 Å². The summed E-state index contributed by atoms with van der Waals surface area (Å²) in [5.41, 5.74) is 0. The molecule has 0 nitrogen and oxygen atoms in total. The van der Waals surface area contributed by atoms with Gasteiger partial charge in [0, 0.05) is 8.80 Å². The van der Waals surface area contributed by atoms with E-state index in [9.17, 15) is 0 Å². The third-order valence-corrected chi connectivity index (χ3v) is 3.63. The van der Waals surface area contributed by atoms with Crippen LogP contribution in [0.1, 0.15) is 39.5 Å². The van der Waals surface area contributed by atoms with Crippen molar-refractivity contribution in [2.24, 2.45) is 5.92 Å². The lowest BCUT2D eigenvalue weighted by Crippen LogP contribution is -2.08. The van der Waals surface area contributed by atoms with Gasteiger partial charge < -0.3 is 0 Å². The largest absolute Gasteiger partial charge is 0.269 e. The van der Waals surface area contributed by atoms with Crippen LogP contribution in [-0.4, -0.2) is 8.80 Å². The Kier molecular flexibility index (Phi) is 11.3. The molecule has 0 aliphatic rings. The van der Waals surface area contributed by atoms with Gasteiger partial charge in [0.05, 0.1) is 0 Å². The van der Waals surface area contributed by atoms with E-state index in [1.54, 1.807) is 0 Å². The van der Waals surface area contributed by atoms with Crippen LogP contribution in [0.25, 0.3) is 0 Å². The Morgan fingerprint density at radius 3 is 2.08 bits per heavy atom. The lowest BCUT2D eigenvalue weighted by molar-refractivity contribution is 0.488. The van der Waals surface area contributed by atoms with E-state index in [1.165, 1.54) is 31.7 Å². The van der Waals surface area contributed by atoms with Gasteiger partial charge in [0.25, 0.3) is 0 Å². The Labute approximate surface area is 78.7 Å². The Morgan fingerprint density at radius 2 is 1.75 bits per heavy atom. The van der Waals surface area contributed by atoms with Gasteiger partial charge in [0.15, 0.2) is 0 Å². The first-order chi connectivity index (χ1) is 5.20. The van der Waals surface area contributed by atoms with Gasteiger partial charge in [-0.2, -0.15) is 0 Å². The van der Waals surface area contributed by atoms with Gasteiger partial charge in [-0.3, -0.25) is 4.70 Å². The van der Waals surface area contributed by atoms with Crippen LogP contribution in [0.5, 0.6) is 0 Å². The first kappa shape index (κ1) is 14.7. The van der Waals surface area contributed by atoms with Crippen LogP contribution in [-0.2, 0) is 0 Å². The zero-order valence-corrected chi connectivity index (χ0v) is 10.0. The molecule has 0 N–H and O–H groups in total. The maximum absolute atomic E-state index is 2.43. The maximum atomic E-state index is 2.43. The third-order valence-electron chi connectivity index (χ3n) is 2.24. The van der Waals surface area contributed by atoms with Gasteiger partial charge in [0.1, 0.15) is 0 Å². The van der Waals surface area contributed by atoms with E-state index < -0.39 is 0 Å². The van der Waals surface area contributed by atoms with Gasteiger partial charge in [-0.05, 0) is 5.92 Å². The molecule has 12 heavy (non-hydrogen) atoms. The molecule has 0 aliphatic carbocycles. The van der Waals surface area contributed by atoms with E-state index in [0.717, 1.165) is 5.92 Å². The number of halogens is 1. The second-order valence-corrected chi connectivity index (χ2v) is 6.65. The zero-order chi connectivity index (χ0) is 8.69. The molecule has 1 unspecified atom stereocenters. The fraction of sp³-hybridized carbons (Fsp3) is 1.00. The minimum atomic E-state index is 0. The molecule has 0 fully saturated rings. The molecule has 0 rings (SSSR count). The smallest absolute Gasteiger partial charge is 0.0415 e. The van der Waals surface area contributed by atoms with Crippen molar-refractivity contribution >= 4 is 8.80 Å². The monoisotopic (exact) mass is 191 g/mol. The van der Waals surface area contributed by atoms with Crippen LogP contribution in [0.15, 0.2) is 0 Å². The van der Waals surface area contributed by atoms with Crippen LogP contribution in [0.2, 0.25) is 19.1 Å². The summed E-state index contributed by atoms with van der Waals surface area (Å²) in [5.74, 6) is 1.04. The minimum absolute atomic E-state index is 0. The molecule has 0 saturated heterocycles. The van der Waals surface area contributed by atoms with E-state index in [0.29, 0.717) is 0 Å². The van der Waals surface area contributed by atoms with Crippen molar-refractivity contribution in [1.82, 2.24) is 0 Å². The number of rotatable bonds is 6. The van der Waals surface area contributed by atoms with Crippen LogP contribution < -0.4 is 0 Å². The van der Waals surface area contributed by atoms with E-state index in [4.69, 9.17) is 0 Å². The molecule has 0 amide bonds. The third kappa shape index (κ3) is 8.25. The zero-order valence-electron chi connectivity index (χ0n) is 9.02. The highest BCUT2D eigenvalue weighted by Crippen LogP contribution is 2.18. The molecule has 1 atom stereocenters. The standard InChI is InChI=1S/C10H23Si.FH/c1-5-7-8-10(6-2)9-11(3)4;/h10H,5-9H2,1-4H3;1H. The van der Waals surface area contributed by atoms with Crippen LogP contribution in [0, 0.1) is 5.92 Å². The average molecular weight is 191 g/mol. The Hall–Kier alpha value is 0.147. The molecular formula is C10H24FSi. The van der Waals surface area contributed by atoms with Gasteiger partial charge in [-0.1, -0.05) is 58.7 Å². The molecule has 0 heterocycles. The van der Waals surface area contributed by atoms with Crippen LogP contribution in [0.4, 0.5) is 4.70 Å². The molecule has 0 aromatic heterocycles. The van der Waals surface area contributed by atoms with Gasteiger partial charge >= 0.3 is 0 Å². The minimum Gasteiger partial charge on any atom is -0.269 e. The lowest BCUT2D eigenvalue weighted by atomic mass is 10.0. The molecule has 0 aromatic carbocycles. The van der Waals surface area contributed by atoms with Crippen molar-refractivity contribution in [2.45, 2.75) is 58.7 Å². The van der Waals surface area contributed by atoms with Crippen molar-refractivity contribution < 1.29 is 4.70 Å². The van der Waals surface area contributed by atoms with E-state index in [-0.39, 0.29) is 13.5 Å². The number of hydrogen-bond acceptors (Lipinski definition) is 0. The average Bonchev–Trinajstić information content (AvgIpc) is 1.97. The van der Waals surface area contributed by atoms with E-state index in [2.05, 4.69) is 26.9 Å². The Balaban J connectivity index is 0. The normalized spacial score (nSPS) is 12.8. The van der Waals surface area contributed by atoms with Crippen molar-refractivity contribution in [3.63, 3.8) is 0 Å². The Morgan fingerprint density at radius 1 is 1.17 bits per heavy atom. The van der Waals surface area contributed by atoms with Gasteiger partial charge in [-0.15, -0.1) is 0 Å². The molecule has 0 aliphatic heterocycles. The second kappa shape index (κ2) is 9.24. The first-order valence-corrected chi connectivity index (χ1v) is 7.70. The summed E-state index contributed by atoms with van der Waals surface area (Å²) in [6, 6.07) is 1.53. The molecule has 1 radical (unpaired) electrons. The van der Waals surface area contributed by atoms with Crippen molar-refractivity contribution in [2.75, 3.05) is 0 Å². The van der Waals surface area contributed by atoms with Crippen molar-refractivity contribution in [3.05, 3.63) is 0 Å². The molecule has 2 heteroatoms. The van der Waals surface area contributed by atoms with Crippen molar-refractivity contribution in [1.29, 1.82) is 0 Å². The SMILES string of the molecule is CCCCC(CC)C[Si](C)C.F. The second-order valence-electron chi connectivity index (χ2n) is 3.83. The highest BCUT2D eigenvalue weighted by Gasteiger charge is 2.08. The summed E-state index contributed by atoms with van der Waals surface area (Å²) in [7, 11) is 0.0246. The summed E-state index contributed by atoms with van der Waals surface area (Å²) in [6.07, 6.45) is 5.68. The fourth-order valence-electron chi connectivity index (χ4n) is 1.52. The van der Waals surface area contributed by atoms with Crippen LogP contribution >= 0.6 is 0 Å². The number of hydrogen-bond donors (Lipinski definition) is 0. The highest BCUT2D eigenvalue weighted by molar-refractivity contribution is 6.55. The molecule has 0 saturated carbocycles. The summed E-state index contributed by atoms with van der Waals surface area (Å²) >= 11 is 0. The molecular weight excluding hydrogens is 167 g/mol. The molecule has 0 bridgehead atoms. The maximum Gasteiger partial charge on any atom is 0.0415 e. The van der Waals surface area contributed by atoms with Crippen molar-refractivity contribution in [3.8, 4) is 0 Å². The predicted molar refractivity (Wildman–Crippen MR) is 58.1 cm³/mol. The fourth-order valence-corrected chi connectivity index (χ4v) is 3.17. The Bertz CT molecular complexity index is 83.9. The summed E-state index contributed by atoms with van der Waals surface area (Å²) < 4.78 is 0. The highest BCUT2D eigenvalue weighted by atomic mass is 28.3. The summed E-state index contributed by atoms with van der Waals surface area (Å²) in [6.45, 7) is 9.49. The molecule has 0 aromatic rings. The summed E-state index contributed by atoms with van der Waals surface area (Å²) in [5, 5.41) is 0. The van der Waals surface area contributed by atoms with E-state index >= 15 is 0 Å². The first-order valence-electron chi connectivity index (χ1n) is 4.99. The molecule has 75 valence electrons. The van der Waals surface area contributed by atoms with Gasteiger partial charge in [0.2, 0.25) is 0 Å².